The molecule has 0 bridgehead atoms. The maximum absolute atomic E-state index is 6.42. The summed E-state index contributed by atoms with van der Waals surface area (Å²) < 4.78 is 6.42. The lowest BCUT2D eigenvalue weighted by molar-refractivity contribution is 0.110. The van der Waals surface area contributed by atoms with Gasteiger partial charge >= 0.3 is 0 Å². The number of fused-ring (bicyclic) bond motifs is 1. The molecule has 2 aliphatic rings. The lowest BCUT2D eigenvalue weighted by Crippen LogP contribution is -2.39. The van der Waals surface area contributed by atoms with Crippen molar-refractivity contribution in [2.45, 2.75) is 31.5 Å². The van der Waals surface area contributed by atoms with Gasteiger partial charge in [0.2, 0.25) is 0 Å². The van der Waals surface area contributed by atoms with Gasteiger partial charge in [0.25, 0.3) is 0 Å². The number of para-hydroxylation sites is 1. The Hall–Kier alpha value is -1.45. The van der Waals surface area contributed by atoms with E-state index < -0.39 is 0 Å². The Bertz CT molecular complexity index is 639. The molecule has 4 rings (SSSR count). The summed E-state index contributed by atoms with van der Waals surface area (Å²) >= 11 is 2.09. The number of rotatable bonds is 2. The van der Waals surface area contributed by atoms with Crippen LogP contribution in [0.3, 0.4) is 0 Å². The second-order valence-electron chi connectivity index (χ2n) is 6.40. The van der Waals surface area contributed by atoms with Crippen LogP contribution in [0, 0.1) is 0 Å². The summed E-state index contributed by atoms with van der Waals surface area (Å²) in [6, 6.07) is 19.9. The molecule has 2 aliphatic heterocycles. The van der Waals surface area contributed by atoms with E-state index in [0.29, 0.717) is 6.04 Å². The van der Waals surface area contributed by atoms with Crippen molar-refractivity contribution < 1.29 is 4.74 Å². The van der Waals surface area contributed by atoms with Crippen molar-refractivity contribution >= 4 is 11.8 Å². The van der Waals surface area contributed by atoms with Crippen LogP contribution in [0.4, 0.5) is 0 Å². The Morgan fingerprint density at radius 3 is 2.48 bits per heavy atom. The van der Waals surface area contributed by atoms with Crippen molar-refractivity contribution in [3.8, 4) is 5.75 Å². The first kappa shape index (κ1) is 15.1. The summed E-state index contributed by atoms with van der Waals surface area (Å²) in [6.45, 7) is 1.99. The van der Waals surface area contributed by atoms with Gasteiger partial charge in [-0.3, -0.25) is 4.90 Å². The van der Waals surface area contributed by atoms with Gasteiger partial charge in [-0.05, 0) is 36.0 Å². The molecule has 1 fully saturated rings. The lowest BCUT2D eigenvalue weighted by atomic mass is 10.1. The van der Waals surface area contributed by atoms with Crippen LogP contribution in [0.2, 0.25) is 0 Å². The molecule has 0 spiro atoms. The summed E-state index contributed by atoms with van der Waals surface area (Å²) in [5, 5.41) is 0. The molecular weight excluding hydrogens is 302 g/mol. The van der Waals surface area contributed by atoms with Crippen LogP contribution in [0.1, 0.15) is 30.1 Å². The second-order valence-corrected chi connectivity index (χ2v) is 7.62. The highest BCUT2D eigenvalue weighted by molar-refractivity contribution is 7.99. The number of ether oxygens (including phenoxy) is 1. The Morgan fingerprint density at radius 1 is 0.913 bits per heavy atom. The fourth-order valence-electron chi connectivity index (χ4n) is 3.61. The third kappa shape index (κ3) is 3.41. The van der Waals surface area contributed by atoms with Crippen molar-refractivity contribution in [2.24, 2.45) is 0 Å². The molecule has 0 saturated carbocycles. The number of nitrogens with zero attached hydrogens (tertiary/aromatic N) is 1. The molecule has 0 aromatic heterocycles. The maximum atomic E-state index is 6.42. The van der Waals surface area contributed by atoms with E-state index >= 15 is 0 Å². The third-order valence-electron chi connectivity index (χ3n) is 4.89. The van der Waals surface area contributed by atoms with Gasteiger partial charge in [-0.1, -0.05) is 48.5 Å². The molecule has 1 atom stereocenters. The van der Waals surface area contributed by atoms with E-state index in [9.17, 15) is 0 Å². The minimum absolute atomic E-state index is 0.120. The molecule has 2 aromatic carbocycles. The first-order chi connectivity index (χ1) is 11.4. The predicted molar refractivity (Wildman–Crippen MR) is 97.0 cm³/mol. The smallest absolute Gasteiger partial charge is 0.136 e. The molecular formula is C20H23NOS. The van der Waals surface area contributed by atoms with Gasteiger partial charge in [-0.2, -0.15) is 11.8 Å². The van der Waals surface area contributed by atoms with Crippen molar-refractivity contribution in [3.63, 3.8) is 0 Å². The maximum Gasteiger partial charge on any atom is 0.136 e. The number of hydrogen-bond donors (Lipinski definition) is 0. The summed E-state index contributed by atoms with van der Waals surface area (Å²) in [5.74, 6) is 3.63. The summed E-state index contributed by atoms with van der Waals surface area (Å²) in [7, 11) is 0. The minimum Gasteiger partial charge on any atom is -0.484 e. The van der Waals surface area contributed by atoms with E-state index in [4.69, 9.17) is 4.74 Å². The predicted octanol–water partition coefficient (Wildman–Crippen LogP) is 4.52. The molecule has 2 heterocycles. The fraction of sp³-hybridized carbons (Fsp3) is 0.400. The van der Waals surface area contributed by atoms with Gasteiger partial charge in [0.15, 0.2) is 0 Å². The van der Waals surface area contributed by atoms with Crippen molar-refractivity contribution in [3.05, 3.63) is 65.7 Å². The van der Waals surface area contributed by atoms with Crippen molar-refractivity contribution in [2.75, 3.05) is 18.1 Å². The largest absolute Gasteiger partial charge is 0.484 e. The van der Waals surface area contributed by atoms with Crippen LogP contribution in [0.15, 0.2) is 54.6 Å². The monoisotopic (exact) mass is 325 g/mol. The van der Waals surface area contributed by atoms with Gasteiger partial charge < -0.3 is 4.74 Å². The van der Waals surface area contributed by atoms with Crippen LogP contribution in [0.25, 0.3) is 0 Å². The molecule has 0 radical (unpaired) electrons. The van der Waals surface area contributed by atoms with Gasteiger partial charge in [0, 0.05) is 24.7 Å². The second kappa shape index (κ2) is 6.98. The average molecular weight is 325 g/mol. The topological polar surface area (TPSA) is 12.5 Å². The number of hydrogen-bond acceptors (Lipinski definition) is 3. The van der Waals surface area contributed by atoms with Crippen molar-refractivity contribution in [1.82, 2.24) is 4.90 Å². The van der Waals surface area contributed by atoms with Gasteiger partial charge in [-0.15, -0.1) is 0 Å². The van der Waals surface area contributed by atoms with Gasteiger partial charge in [-0.25, -0.2) is 0 Å². The van der Waals surface area contributed by atoms with Gasteiger partial charge in [0.05, 0.1) is 0 Å². The molecule has 1 saturated heterocycles. The lowest BCUT2D eigenvalue weighted by Gasteiger charge is -2.34. The molecule has 1 unspecified atom stereocenters. The van der Waals surface area contributed by atoms with Crippen LogP contribution in [-0.2, 0) is 6.54 Å². The van der Waals surface area contributed by atoms with E-state index in [0.717, 1.165) is 18.8 Å². The molecule has 0 amide bonds. The quantitative estimate of drug-likeness (QED) is 0.805. The molecule has 0 N–H and O–H groups in total. The van der Waals surface area contributed by atoms with E-state index in [1.807, 2.05) is 0 Å². The standard InChI is InChI=1S/C20H23NOS/c1-2-6-16(7-3-1)20-15-21(18-10-12-23-13-11-18)14-17-8-4-5-9-19(17)22-20/h1-9,18,20H,10-15H2. The molecule has 3 heteroatoms. The Balaban J connectivity index is 1.65. The third-order valence-corrected chi connectivity index (χ3v) is 5.94. The molecule has 2 nitrogen and oxygen atoms in total. The van der Waals surface area contributed by atoms with E-state index in [2.05, 4.69) is 71.3 Å². The Kier molecular flexibility index (Phi) is 4.58. The SMILES string of the molecule is c1ccc(C2CN(C3CCSCC3)Cc3ccccc3O2)cc1. The summed E-state index contributed by atoms with van der Waals surface area (Å²) in [4.78, 5) is 2.66. The first-order valence-corrected chi connectivity index (χ1v) is 9.67. The summed E-state index contributed by atoms with van der Waals surface area (Å²) in [6.07, 6.45) is 2.72. The fourth-order valence-corrected chi connectivity index (χ4v) is 4.69. The molecule has 120 valence electrons. The average Bonchev–Trinajstić information content (AvgIpc) is 2.83. The highest BCUT2D eigenvalue weighted by Gasteiger charge is 2.29. The zero-order valence-corrected chi connectivity index (χ0v) is 14.2. The Labute approximate surface area is 142 Å². The van der Waals surface area contributed by atoms with Crippen LogP contribution >= 0.6 is 11.8 Å². The van der Waals surface area contributed by atoms with E-state index in [1.54, 1.807) is 0 Å². The Morgan fingerprint density at radius 2 is 1.65 bits per heavy atom. The summed E-state index contributed by atoms with van der Waals surface area (Å²) in [5.41, 5.74) is 2.60. The first-order valence-electron chi connectivity index (χ1n) is 8.51. The molecule has 2 aromatic rings. The normalized spacial score (nSPS) is 22.9. The van der Waals surface area contributed by atoms with Gasteiger partial charge in [0.1, 0.15) is 11.9 Å². The molecule has 0 aliphatic carbocycles. The number of thioether (sulfide) groups is 1. The van der Waals surface area contributed by atoms with Crippen LogP contribution in [0.5, 0.6) is 5.75 Å². The minimum atomic E-state index is 0.120. The molecule has 23 heavy (non-hydrogen) atoms. The number of benzene rings is 2. The highest BCUT2D eigenvalue weighted by Crippen LogP contribution is 2.34. The highest BCUT2D eigenvalue weighted by atomic mass is 32.2. The van der Waals surface area contributed by atoms with Crippen LogP contribution in [-0.4, -0.2) is 29.0 Å². The van der Waals surface area contributed by atoms with Crippen molar-refractivity contribution in [1.29, 1.82) is 0 Å². The van der Waals surface area contributed by atoms with E-state index in [1.165, 1.54) is 35.5 Å². The van der Waals surface area contributed by atoms with E-state index in [-0.39, 0.29) is 6.10 Å². The zero-order chi connectivity index (χ0) is 15.5. The zero-order valence-electron chi connectivity index (χ0n) is 13.4. The van der Waals surface area contributed by atoms with Crippen LogP contribution < -0.4 is 4.74 Å².